The quantitative estimate of drug-likeness (QED) is 0.397. The van der Waals surface area contributed by atoms with Crippen LogP contribution in [0.5, 0.6) is 0 Å². The molecule has 1 aromatic heterocycles. The second-order valence-electron chi connectivity index (χ2n) is 6.63. The number of thiazole rings is 1. The number of anilines is 2. The first-order valence-electron chi connectivity index (χ1n) is 10.3. The Kier molecular flexibility index (Phi) is 10.3. The van der Waals surface area contributed by atoms with E-state index in [2.05, 4.69) is 16.0 Å². The van der Waals surface area contributed by atoms with Gasteiger partial charge < -0.3 is 25.4 Å². The third-order valence-electron chi connectivity index (χ3n) is 4.30. The number of amides is 2. The first-order valence-corrected chi connectivity index (χ1v) is 11.1. The molecule has 0 radical (unpaired) electrons. The van der Waals surface area contributed by atoms with E-state index < -0.39 is 5.91 Å². The van der Waals surface area contributed by atoms with E-state index in [9.17, 15) is 19.6 Å². The summed E-state index contributed by atoms with van der Waals surface area (Å²) in [5.74, 6) is -0.816. The molecule has 10 nitrogen and oxygen atoms in total. The van der Waals surface area contributed by atoms with Crippen LogP contribution in [0.25, 0.3) is 11.8 Å². The van der Waals surface area contributed by atoms with Crippen LogP contribution in [-0.4, -0.2) is 49.9 Å². The zero-order chi connectivity index (χ0) is 24.2. The summed E-state index contributed by atoms with van der Waals surface area (Å²) in [7, 11) is 1.55. The average molecular weight is 474 g/mol. The zero-order valence-electron chi connectivity index (χ0n) is 18.8. The molecule has 0 saturated heterocycles. The van der Waals surface area contributed by atoms with E-state index in [4.69, 9.17) is 9.47 Å². The molecular formula is C22H27N5O5S. The zero-order valence-corrected chi connectivity index (χ0v) is 19.6. The predicted octanol–water partition coefficient (Wildman–Crippen LogP) is 0.192. The van der Waals surface area contributed by atoms with Gasteiger partial charge in [0.05, 0.1) is 13.2 Å². The van der Waals surface area contributed by atoms with E-state index >= 15 is 0 Å². The number of nitrogens with zero attached hydrogens (tertiary/aromatic N) is 2. The fourth-order valence-corrected chi connectivity index (χ4v) is 3.86. The maximum Gasteiger partial charge on any atom is 0.270 e. The van der Waals surface area contributed by atoms with E-state index in [0.29, 0.717) is 46.9 Å². The fourth-order valence-electron chi connectivity index (χ4n) is 2.78. The van der Waals surface area contributed by atoms with Crippen LogP contribution in [0.15, 0.2) is 29.1 Å². The summed E-state index contributed by atoms with van der Waals surface area (Å²) in [6.07, 6.45) is 1.52. The van der Waals surface area contributed by atoms with Crippen molar-refractivity contribution in [3.8, 4) is 6.07 Å². The average Bonchev–Trinajstić information content (AvgIpc) is 3.11. The minimum absolute atomic E-state index is 0.0923. The Bertz CT molecular complexity index is 1190. The Balaban J connectivity index is 2.25. The Morgan fingerprint density at radius 1 is 1.24 bits per heavy atom. The number of rotatable bonds is 11. The molecule has 2 amide bonds. The molecule has 0 unspecified atom stereocenters. The van der Waals surface area contributed by atoms with Gasteiger partial charge in [0.1, 0.15) is 21.9 Å². The Hall–Kier alpha value is -3.46. The van der Waals surface area contributed by atoms with Crippen LogP contribution in [0, 0.1) is 11.3 Å². The summed E-state index contributed by atoms with van der Waals surface area (Å²) >= 11 is 1.06. The highest BCUT2D eigenvalue weighted by molar-refractivity contribution is 7.07. The maximum atomic E-state index is 12.8. The SMILES string of the molecule is CCNC(=O)C(C#N)=c1sc(=CNc2cccc(NC(=O)COCCOC)c2)c(=O)n1CC. The van der Waals surface area contributed by atoms with E-state index in [1.807, 2.05) is 6.07 Å². The molecule has 2 rings (SSSR count). The molecule has 0 fully saturated rings. The smallest absolute Gasteiger partial charge is 0.270 e. The van der Waals surface area contributed by atoms with Gasteiger partial charge in [-0.05, 0) is 32.0 Å². The topological polar surface area (TPSA) is 134 Å². The van der Waals surface area contributed by atoms with Crippen molar-refractivity contribution < 1.29 is 19.1 Å². The molecule has 2 aromatic rings. The molecule has 0 spiro atoms. The lowest BCUT2D eigenvalue weighted by atomic mass is 10.2. The van der Waals surface area contributed by atoms with Crippen molar-refractivity contribution in [1.82, 2.24) is 9.88 Å². The summed E-state index contributed by atoms with van der Waals surface area (Å²) in [5, 5.41) is 17.8. The van der Waals surface area contributed by atoms with Crippen molar-refractivity contribution in [1.29, 1.82) is 5.26 Å². The minimum atomic E-state index is -0.516. The number of hydrogen-bond donors (Lipinski definition) is 3. The van der Waals surface area contributed by atoms with Gasteiger partial charge in [0.25, 0.3) is 11.5 Å². The standard InChI is InChI=1S/C22H27N5O5S/c1-4-24-20(29)17(12-23)22-27(5-2)21(30)18(33-22)13-25-15-7-6-8-16(11-15)26-19(28)14-32-10-9-31-3/h6-8,11,13,25H,4-5,9-10,14H2,1-3H3,(H,24,29)(H,26,28). The van der Waals surface area contributed by atoms with Gasteiger partial charge in [-0.25, -0.2) is 0 Å². The van der Waals surface area contributed by atoms with Gasteiger partial charge >= 0.3 is 0 Å². The van der Waals surface area contributed by atoms with Crippen molar-refractivity contribution in [2.45, 2.75) is 20.4 Å². The molecule has 0 atom stereocenters. The molecule has 33 heavy (non-hydrogen) atoms. The number of hydrogen-bond acceptors (Lipinski definition) is 8. The fraction of sp³-hybridized carbons (Fsp3) is 0.364. The molecular weight excluding hydrogens is 446 g/mol. The van der Waals surface area contributed by atoms with Crippen molar-refractivity contribution in [3.05, 3.63) is 43.8 Å². The molecule has 0 aliphatic heterocycles. The number of methoxy groups -OCH3 is 1. The number of nitrogens with one attached hydrogen (secondary N) is 3. The predicted molar refractivity (Wildman–Crippen MR) is 127 cm³/mol. The van der Waals surface area contributed by atoms with Crippen LogP contribution in [0.4, 0.5) is 11.4 Å². The number of ether oxygens (including phenoxy) is 2. The molecule has 1 aromatic carbocycles. The number of carbonyl (C=O) groups is 2. The van der Waals surface area contributed by atoms with Gasteiger partial charge in [-0.1, -0.05) is 6.07 Å². The Morgan fingerprint density at radius 3 is 2.67 bits per heavy atom. The second-order valence-corrected chi connectivity index (χ2v) is 7.66. The summed E-state index contributed by atoms with van der Waals surface area (Å²) in [4.78, 5) is 37.0. The first-order chi connectivity index (χ1) is 15.9. The highest BCUT2D eigenvalue weighted by Crippen LogP contribution is 2.15. The monoisotopic (exact) mass is 473 g/mol. The van der Waals surface area contributed by atoms with Gasteiger partial charge in [0.15, 0.2) is 5.57 Å². The van der Waals surface area contributed by atoms with Crippen LogP contribution in [0.2, 0.25) is 0 Å². The van der Waals surface area contributed by atoms with E-state index in [1.54, 1.807) is 45.2 Å². The summed E-state index contributed by atoms with van der Waals surface area (Å²) in [5.41, 5.74) is 0.791. The van der Waals surface area contributed by atoms with Crippen molar-refractivity contribution in [3.63, 3.8) is 0 Å². The highest BCUT2D eigenvalue weighted by atomic mass is 32.1. The van der Waals surface area contributed by atoms with Gasteiger partial charge in [0.2, 0.25) is 5.91 Å². The molecule has 1 heterocycles. The molecule has 0 saturated carbocycles. The van der Waals surface area contributed by atoms with Crippen molar-refractivity contribution in [2.24, 2.45) is 0 Å². The van der Waals surface area contributed by atoms with Gasteiger partial charge in [-0.2, -0.15) is 5.26 Å². The van der Waals surface area contributed by atoms with Gasteiger partial charge in [0, 0.05) is 37.8 Å². The minimum Gasteiger partial charge on any atom is -0.382 e. The number of benzene rings is 1. The molecule has 176 valence electrons. The lowest BCUT2D eigenvalue weighted by Crippen LogP contribution is -2.34. The molecule has 0 aliphatic carbocycles. The number of aromatic nitrogens is 1. The van der Waals surface area contributed by atoms with Crippen molar-refractivity contribution >= 4 is 46.3 Å². The molecule has 3 N–H and O–H groups in total. The Morgan fingerprint density at radius 2 is 2.00 bits per heavy atom. The van der Waals surface area contributed by atoms with E-state index in [-0.39, 0.29) is 23.6 Å². The highest BCUT2D eigenvalue weighted by Gasteiger charge is 2.14. The lowest BCUT2D eigenvalue weighted by molar-refractivity contribution is -0.121. The Labute approximate surface area is 195 Å². The normalized spacial score (nSPS) is 12.1. The number of carbonyl (C=O) groups excluding carboxylic acids is 2. The molecule has 11 heteroatoms. The second kappa shape index (κ2) is 13.2. The molecule has 0 bridgehead atoms. The maximum absolute atomic E-state index is 12.8. The van der Waals surface area contributed by atoms with Crippen LogP contribution in [0.3, 0.4) is 0 Å². The van der Waals surface area contributed by atoms with Crippen LogP contribution in [0.1, 0.15) is 13.8 Å². The van der Waals surface area contributed by atoms with E-state index in [1.165, 1.54) is 10.8 Å². The third kappa shape index (κ3) is 7.28. The first kappa shape index (κ1) is 25.8. The number of nitriles is 1. The third-order valence-corrected chi connectivity index (χ3v) is 5.43. The van der Waals surface area contributed by atoms with E-state index in [0.717, 1.165) is 11.3 Å². The lowest BCUT2D eigenvalue weighted by Gasteiger charge is -2.08. The van der Waals surface area contributed by atoms with Crippen LogP contribution < -0.4 is 30.7 Å². The van der Waals surface area contributed by atoms with Crippen LogP contribution >= 0.6 is 11.3 Å². The summed E-state index contributed by atoms with van der Waals surface area (Å²) in [6, 6.07) is 8.86. The largest absolute Gasteiger partial charge is 0.382 e. The van der Waals surface area contributed by atoms with Crippen molar-refractivity contribution in [2.75, 3.05) is 44.1 Å². The summed E-state index contributed by atoms with van der Waals surface area (Å²) in [6.45, 7) is 4.85. The van der Waals surface area contributed by atoms with Gasteiger partial charge in [-0.15, -0.1) is 11.3 Å². The summed E-state index contributed by atoms with van der Waals surface area (Å²) < 4.78 is 12.1. The molecule has 0 aliphatic rings. The van der Waals surface area contributed by atoms with Gasteiger partial charge in [-0.3, -0.25) is 19.0 Å². The van der Waals surface area contributed by atoms with Crippen LogP contribution in [-0.2, 0) is 25.6 Å².